The number of thiocarbonyl (C=S) groups is 1. The number of morpholine rings is 2. The quantitative estimate of drug-likeness (QED) is 0.0932. The highest BCUT2D eigenvalue weighted by Gasteiger charge is 2.40. The van der Waals surface area contributed by atoms with Gasteiger partial charge in [0.25, 0.3) is 0 Å². The van der Waals surface area contributed by atoms with E-state index in [4.69, 9.17) is 55.0 Å². The maximum absolute atomic E-state index is 12.2. The van der Waals surface area contributed by atoms with Gasteiger partial charge in [0.15, 0.2) is 16.0 Å². The molecule has 0 atom stereocenters. The molecule has 1 aromatic heterocycles. The number of rotatable bonds is 12. The van der Waals surface area contributed by atoms with E-state index < -0.39 is 0 Å². The number of nitrogens with zero attached hydrogens (tertiary/aromatic N) is 3. The molecular weight excluding hydrogens is 807 g/mol. The largest absolute Gasteiger partial charge is 0.379 e. The third-order valence-corrected chi connectivity index (χ3v) is 13.2. The fraction of sp³-hybridized carbons (Fsp3) is 0.595. The summed E-state index contributed by atoms with van der Waals surface area (Å²) < 4.78 is 10.6. The number of Topliss-reactive ketones (excluding diaryl/α,β-unsaturated/α-hetero) is 1. The standard InChI is InChI=1S/C22H30ClN3OS.C14H16Cl2O.C6H13N3OS/c23-19-7-5-18(6-8-19)22(9-2-1-3-10-22)20-17-28-21(25-20)24-11-4-12-26-13-15-27-16-14-26;15-10-13(17)14(8-2-1-3-9-14)11-4-6-12(16)7-5-11;7-6(11)8-5-9-1-3-10-4-2-9/h5-8,17H,1-4,9-16H2,(H,24,25);4-7H,1-3,8-10H2;1-5H2,(H3,7,8,11). The summed E-state index contributed by atoms with van der Waals surface area (Å²) in [7, 11) is 0. The first-order chi connectivity index (χ1) is 27.2. The number of nitrogens with one attached hydrogen (secondary N) is 2. The monoisotopic (exact) mass is 864 g/mol. The van der Waals surface area contributed by atoms with Crippen LogP contribution in [-0.4, -0.2) is 104 Å². The van der Waals surface area contributed by atoms with Crippen molar-refractivity contribution in [3.8, 4) is 0 Å². The molecule has 2 aromatic carbocycles. The van der Waals surface area contributed by atoms with Gasteiger partial charge in [0, 0.05) is 53.6 Å². The summed E-state index contributed by atoms with van der Waals surface area (Å²) in [5, 5.41) is 11.6. The van der Waals surface area contributed by atoms with Crippen molar-refractivity contribution < 1.29 is 14.3 Å². The molecule has 0 unspecified atom stereocenters. The minimum absolute atomic E-state index is 0.0487. The third kappa shape index (κ3) is 13.2. The zero-order valence-corrected chi connectivity index (χ0v) is 36.5. The van der Waals surface area contributed by atoms with Crippen LogP contribution in [0.25, 0.3) is 0 Å². The molecule has 0 bridgehead atoms. The molecule has 56 heavy (non-hydrogen) atoms. The van der Waals surface area contributed by atoms with Gasteiger partial charge < -0.3 is 25.8 Å². The first kappa shape index (κ1) is 45.0. The molecule has 2 aliphatic carbocycles. The van der Waals surface area contributed by atoms with Crippen LogP contribution in [0.1, 0.15) is 87.4 Å². The van der Waals surface area contributed by atoms with Gasteiger partial charge in [-0.05, 0) is 86.3 Å². The summed E-state index contributed by atoms with van der Waals surface area (Å²) in [6, 6.07) is 16.1. The number of thiazole rings is 1. The van der Waals surface area contributed by atoms with Crippen molar-refractivity contribution in [2.24, 2.45) is 5.73 Å². The van der Waals surface area contributed by atoms with Crippen LogP contribution in [0.4, 0.5) is 5.13 Å². The number of hydrogen-bond donors (Lipinski definition) is 3. The number of aromatic nitrogens is 1. The van der Waals surface area contributed by atoms with E-state index in [2.05, 4.69) is 50.2 Å². The molecule has 4 N–H and O–H groups in total. The molecule has 3 heterocycles. The molecule has 0 radical (unpaired) electrons. The third-order valence-electron chi connectivity index (χ3n) is 11.5. The lowest BCUT2D eigenvalue weighted by molar-refractivity contribution is -0.123. The van der Waals surface area contributed by atoms with Crippen LogP contribution in [0.15, 0.2) is 53.9 Å². The first-order valence-corrected chi connectivity index (χ1v) is 22.8. The Labute approximate surface area is 358 Å². The Balaban J connectivity index is 0.000000181. The average Bonchev–Trinajstić information content (AvgIpc) is 3.73. The van der Waals surface area contributed by atoms with Crippen molar-refractivity contribution in [1.82, 2.24) is 20.1 Å². The maximum atomic E-state index is 12.2. The van der Waals surface area contributed by atoms with Gasteiger partial charge in [-0.1, -0.05) is 86.0 Å². The number of carbonyl (C=O) groups is 1. The lowest BCUT2D eigenvalue weighted by Gasteiger charge is -2.36. The SMILES string of the molecule is Clc1ccc(C2(c3csc(NCCCN4CCOCC4)n3)CCCCC2)cc1.NC(=S)NCN1CCOCC1.O=C(CCl)C1(c2ccc(Cl)cc2)CCCCC1. The second kappa shape index (κ2) is 23.5. The molecule has 9 nitrogen and oxygen atoms in total. The van der Waals surface area contributed by atoms with Crippen LogP contribution in [-0.2, 0) is 25.1 Å². The van der Waals surface area contributed by atoms with E-state index in [0.717, 1.165) is 120 Å². The highest BCUT2D eigenvalue weighted by atomic mass is 35.5. The molecule has 308 valence electrons. The lowest BCUT2D eigenvalue weighted by Crippen LogP contribution is -2.45. The first-order valence-electron chi connectivity index (χ1n) is 20.2. The highest BCUT2D eigenvalue weighted by molar-refractivity contribution is 7.80. The van der Waals surface area contributed by atoms with Gasteiger partial charge >= 0.3 is 0 Å². The molecule has 2 aliphatic heterocycles. The Morgan fingerprint density at radius 1 is 0.804 bits per heavy atom. The summed E-state index contributed by atoms with van der Waals surface area (Å²) in [6.07, 6.45) is 12.6. The van der Waals surface area contributed by atoms with Crippen molar-refractivity contribution in [3.63, 3.8) is 0 Å². The van der Waals surface area contributed by atoms with Crippen LogP contribution in [0.2, 0.25) is 10.0 Å². The average molecular weight is 866 g/mol. The van der Waals surface area contributed by atoms with E-state index in [9.17, 15) is 4.79 Å². The summed E-state index contributed by atoms with van der Waals surface area (Å²) in [6.45, 7) is 10.2. The molecule has 14 heteroatoms. The number of ketones is 1. The number of halogens is 3. The number of anilines is 1. The predicted octanol–water partition coefficient (Wildman–Crippen LogP) is 8.64. The smallest absolute Gasteiger partial charge is 0.182 e. The van der Waals surface area contributed by atoms with Gasteiger partial charge in [0.1, 0.15) is 0 Å². The number of carbonyl (C=O) groups excluding carboxylic acids is 1. The van der Waals surface area contributed by atoms with E-state index in [1.807, 2.05) is 36.4 Å². The zero-order chi connectivity index (χ0) is 39.6. The Morgan fingerprint density at radius 3 is 1.89 bits per heavy atom. The Hall–Kier alpha value is -2.06. The fourth-order valence-corrected chi connectivity index (χ4v) is 9.65. The normalized spacial score (nSPS) is 19.7. The molecular formula is C42H59Cl3N6O3S2. The number of alkyl halides is 1. The van der Waals surface area contributed by atoms with Crippen LogP contribution in [0, 0.1) is 0 Å². The van der Waals surface area contributed by atoms with Gasteiger partial charge in [-0.15, -0.1) is 22.9 Å². The number of benzene rings is 2. The van der Waals surface area contributed by atoms with Gasteiger partial charge in [0.2, 0.25) is 0 Å². The minimum atomic E-state index is -0.357. The van der Waals surface area contributed by atoms with E-state index in [-0.39, 0.29) is 22.5 Å². The molecule has 0 amide bonds. The van der Waals surface area contributed by atoms with Gasteiger partial charge in [0.05, 0.1) is 50.1 Å². The Bertz CT molecular complexity index is 1610. The molecule has 2 saturated heterocycles. The van der Waals surface area contributed by atoms with Crippen LogP contribution in [0.5, 0.6) is 0 Å². The van der Waals surface area contributed by atoms with E-state index >= 15 is 0 Å². The molecule has 7 rings (SSSR count). The molecule has 2 saturated carbocycles. The molecule has 4 fully saturated rings. The van der Waals surface area contributed by atoms with Crippen LogP contribution in [0.3, 0.4) is 0 Å². The number of hydrogen-bond acceptors (Lipinski definition) is 9. The minimum Gasteiger partial charge on any atom is -0.379 e. The second-order valence-corrected chi connectivity index (χ2v) is 17.5. The Morgan fingerprint density at radius 2 is 1.34 bits per heavy atom. The molecule has 4 aliphatic rings. The van der Waals surface area contributed by atoms with Gasteiger partial charge in [-0.2, -0.15) is 0 Å². The topological polar surface area (TPSA) is 105 Å². The van der Waals surface area contributed by atoms with Crippen LogP contribution < -0.4 is 16.4 Å². The van der Waals surface area contributed by atoms with E-state index in [1.165, 1.54) is 49.8 Å². The van der Waals surface area contributed by atoms with E-state index in [0.29, 0.717) is 10.1 Å². The van der Waals surface area contributed by atoms with E-state index in [1.54, 1.807) is 11.3 Å². The van der Waals surface area contributed by atoms with Gasteiger partial charge in [-0.3, -0.25) is 14.6 Å². The molecule has 0 spiro atoms. The number of ether oxygens (including phenoxy) is 2. The summed E-state index contributed by atoms with van der Waals surface area (Å²) in [5.41, 5.74) is 8.63. The van der Waals surface area contributed by atoms with Crippen molar-refractivity contribution in [2.75, 3.05) is 83.6 Å². The highest BCUT2D eigenvalue weighted by Crippen LogP contribution is 2.46. The van der Waals surface area contributed by atoms with Crippen molar-refractivity contribution in [2.45, 2.75) is 81.5 Å². The summed E-state index contributed by atoms with van der Waals surface area (Å²) >= 11 is 24.2. The predicted molar refractivity (Wildman–Crippen MR) is 237 cm³/mol. The fourth-order valence-electron chi connectivity index (χ4n) is 8.24. The van der Waals surface area contributed by atoms with Crippen LogP contribution >= 0.6 is 58.4 Å². The van der Waals surface area contributed by atoms with Crippen molar-refractivity contribution in [1.29, 1.82) is 0 Å². The summed E-state index contributed by atoms with van der Waals surface area (Å²) in [4.78, 5) is 21.9. The second-order valence-electron chi connectivity index (χ2n) is 15.1. The van der Waals surface area contributed by atoms with Gasteiger partial charge in [-0.25, -0.2) is 4.98 Å². The number of nitrogens with two attached hydrogens (primary N) is 1. The van der Waals surface area contributed by atoms with Crippen molar-refractivity contribution in [3.05, 3.63) is 80.8 Å². The summed E-state index contributed by atoms with van der Waals surface area (Å²) in [5.74, 6) is 0.254. The zero-order valence-electron chi connectivity index (χ0n) is 32.6. The molecule has 3 aromatic rings. The van der Waals surface area contributed by atoms with Crippen molar-refractivity contribution >= 4 is 74.4 Å². The Kier molecular flexibility index (Phi) is 18.9. The lowest BCUT2D eigenvalue weighted by atomic mass is 9.67. The maximum Gasteiger partial charge on any atom is 0.182 e.